The molecular formula is C31H35N5O5. The molecule has 214 valence electrons. The van der Waals surface area contributed by atoms with Gasteiger partial charge in [0.15, 0.2) is 35.1 Å². The minimum absolute atomic E-state index is 0.348. The minimum atomic E-state index is -1.18. The Morgan fingerprint density at radius 1 is 1.05 bits per heavy atom. The Balaban J connectivity index is 1.02. The molecule has 0 radical (unpaired) electrons. The maximum absolute atomic E-state index is 12.4. The normalized spacial score (nSPS) is 39.4. The van der Waals surface area contributed by atoms with E-state index in [0.717, 1.165) is 35.4 Å². The van der Waals surface area contributed by atoms with Gasteiger partial charge in [0.05, 0.1) is 6.33 Å². The Kier molecular flexibility index (Phi) is 4.94. The molecule has 1 spiro atoms. The summed E-state index contributed by atoms with van der Waals surface area (Å²) in [5, 5.41) is 13.8. The van der Waals surface area contributed by atoms with E-state index in [-0.39, 0.29) is 0 Å². The Bertz CT molecular complexity index is 1510. The Morgan fingerprint density at radius 2 is 1.73 bits per heavy atom. The molecule has 2 N–H and O–H groups in total. The van der Waals surface area contributed by atoms with Crippen LogP contribution < -0.4 is 5.32 Å². The van der Waals surface area contributed by atoms with Crippen molar-refractivity contribution in [2.24, 2.45) is 23.2 Å². The molecule has 2 aliphatic heterocycles. The van der Waals surface area contributed by atoms with E-state index < -0.39 is 35.8 Å². The molecule has 7 aliphatic rings. The number of rotatable bonds is 5. The van der Waals surface area contributed by atoms with E-state index in [4.69, 9.17) is 19.2 Å². The van der Waals surface area contributed by atoms with Crippen LogP contribution in [0.3, 0.4) is 0 Å². The van der Waals surface area contributed by atoms with Crippen LogP contribution in [0.25, 0.3) is 11.2 Å². The number of anilines is 1. The summed E-state index contributed by atoms with van der Waals surface area (Å²) in [6.07, 6.45) is 9.78. The molecule has 4 atom stereocenters. The second-order valence-corrected chi connectivity index (χ2v) is 13.9. The van der Waals surface area contributed by atoms with Crippen molar-refractivity contribution in [1.82, 2.24) is 19.5 Å². The van der Waals surface area contributed by atoms with Crippen LogP contribution in [0.15, 0.2) is 36.9 Å². The monoisotopic (exact) mass is 557 g/mol. The lowest BCUT2D eigenvalue weighted by atomic mass is 9.49. The first-order chi connectivity index (χ1) is 19.8. The number of carbonyl (C=O) groups is 1. The molecule has 10 rings (SSSR count). The lowest BCUT2D eigenvalue weighted by molar-refractivity contribution is -0.229. The summed E-state index contributed by atoms with van der Waals surface area (Å²) in [6.45, 7) is 2.79. The number of aliphatic carboxylic acids is 1. The van der Waals surface area contributed by atoms with Crippen molar-refractivity contribution in [3.63, 3.8) is 0 Å². The highest BCUT2D eigenvalue weighted by molar-refractivity contribution is 5.83. The van der Waals surface area contributed by atoms with Gasteiger partial charge in [-0.1, -0.05) is 24.3 Å². The Hall–Kier alpha value is -3.08. The minimum Gasteiger partial charge on any atom is -0.479 e. The zero-order valence-electron chi connectivity index (χ0n) is 23.2. The van der Waals surface area contributed by atoms with E-state index in [1.165, 1.54) is 38.5 Å². The van der Waals surface area contributed by atoms with Gasteiger partial charge in [-0.2, -0.15) is 0 Å². The molecule has 1 aromatic carbocycles. The predicted molar refractivity (Wildman–Crippen MR) is 147 cm³/mol. The molecule has 4 saturated carbocycles. The van der Waals surface area contributed by atoms with Gasteiger partial charge in [-0.15, -0.1) is 0 Å². The maximum atomic E-state index is 12.4. The molecular weight excluding hydrogens is 522 g/mol. The molecule has 0 amide bonds. The Labute approximate surface area is 237 Å². The summed E-state index contributed by atoms with van der Waals surface area (Å²) in [7, 11) is 0. The molecule has 6 fully saturated rings. The SMILES string of the molecule is C[C@@]12OC3(Cc4ccccc4C3)O[C@@H]1[C@@H](C(=O)O)O[C@H]2n1cnc2c(NCC34CC5CC(CC(C5)C3)C4)ncnc21. The average molecular weight is 558 g/mol. The number of nitrogens with one attached hydrogen (secondary N) is 1. The third kappa shape index (κ3) is 3.53. The largest absolute Gasteiger partial charge is 0.479 e. The zero-order chi connectivity index (χ0) is 27.6. The molecule has 10 nitrogen and oxygen atoms in total. The number of nitrogens with zero attached hydrogens (tertiary/aromatic N) is 4. The highest BCUT2D eigenvalue weighted by Crippen LogP contribution is 2.60. The molecule has 2 aromatic heterocycles. The van der Waals surface area contributed by atoms with Gasteiger partial charge in [-0.3, -0.25) is 4.57 Å². The van der Waals surface area contributed by atoms with Gasteiger partial charge in [-0.05, 0) is 79.7 Å². The molecule has 41 heavy (non-hydrogen) atoms. The van der Waals surface area contributed by atoms with E-state index in [2.05, 4.69) is 27.4 Å². The summed E-state index contributed by atoms with van der Waals surface area (Å²) in [5.41, 5.74) is 2.86. The number of imidazole rings is 1. The standard InChI is InChI=1S/C31H35N5O5/c1-29-24(40-31(41-29)12-20-4-2-3-5-21(20)13-31)23(27(37)38)39-28(29)36-16-35-22-25(33-15-34-26(22)36)32-14-30-9-17-6-18(10-30)8-19(7-17)11-30/h2-5,15-19,23-24,28H,6-14H2,1H3,(H,37,38)(H,32,33,34)/t17?,18?,19?,23-,24+,28+,29+,30?/m0/s1. The van der Waals surface area contributed by atoms with Crippen molar-refractivity contribution in [3.05, 3.63) is 48.0 Å². The van der Waals surface area contributed by atoms with Crippen molar-refractivity contribution in [2.45, 2.75) is 88.1 Å². The van der Waals surface area contributed by atoms with Crippen LogP contribution >= 0.6 is 0 Å². The molecule has 10 heteroatoms. The quantitative estimate of drug-likeness (QED) is 0.478. The summed E-state index contributed by atoms with van der Waals surface area (Å²) in [5.74, 6) is 1.37. The molecule has 2 saturated heterocycles. The zero-order valence-corrected chi connectivity index (χ0v) is 23.2. The number of hydrogen-bond donors (Lipinski definition) is 2. The average Bonchev–Trinajstić information content (AvgIpc) is 3.65. The van der Waals surface area contributed by atoms with E-state index in [9.17, 15) is 9.90 Å². The van der Waals surface area contributed by atoms with E-state index >= 15 is 0 Å². The Morgan fingerprint density at radius 3 is 2.39 bits per heavy atom. The molecule has 3 aromatic rings. The van der Waals surface area contributed by atoms with Crippen LogP contribution in [0.5, 0.6) is 0 Å². The number of ether oxygens (including phenoxy) is 3. The second-order valence-electron chi connectivity index (χ2n) is 13.9. The summed E-state index contributed by atoms with van der Waals surface area (Å²) in [6, 6.07) is 8.17. The van der Waals surface area contributed by atoms with Crippen molar-refractivity contribution < 1.29 is 24.1 Å². The number of fused-ring (bicyclic) bond motifs is 3. The van der Waals surface area contributed by atoms with Crippen LogP contribution in [-0.4, -0.2) is 60.7 Å². The fourth-order valence-electron chi connectivity index (χ4n) is 9.89. The smallest absolute Gasteiger partial charge is 0.335 e. The van der Waals surface area contributed by atoms with E-state index in [0.29, 0.717) is 35.2 Å². The predicted octanol–water partition coefficient (Wildman–Crippen LogP) is 4.11. The lowest BCUT2D eigenvalue weighted by Crippen LogP contribution is -2.49. The second kappa shape index (κ2) is 8.26. The lowest BCUT2D eigenvalue weighted by Gasteiger charge is -2.57. The van der Waals surface area contributed by atoms with Crippen LogP contribution in [0.4, 0.5) is 5.82 Å². The molecule has 0 unspecified atom stereocenters. The van der Waals surface area contributed by atoms with Crippen molar-refractivity contribution in [3.8, 4) is 0 Å². The third-order valence-electron chi connectivity index (χ3n) is 11.0. The number of carboxylic acids is 1. The fraction of sp³-hybridized carbons (Fsp3) is 0.613. The van der Waals surface area contributed by atoms with Crippen molar-refractivity contribution in [2.75, 3.05) is 11.9 Å². The van der Waals surface area contributed by atoms with Gasteiger partial charge < -0.3 is 24.6 Å². The molecule has 4 heterocycles. The summed E-state index contributed by atoms with van der Waals surface area (Å²) in [4.78, 5) is 26.3. The highest BCUT2D eigenvalue weighted by atomic mass is 16.8. The maximum Gasteiger partial charge on any atom is 0.335 e. The van der Waals surface area contributed by atoms with Gasteiger partial charge >= 0.3 is 5.97 Å². The van der Waals surface area contributed by atoms with Crippen LogP contribution in [0, 0.1) is 23.2 Å². The van der Waals surface area contributed by atoms with Gasteiger partial charge in [0, 0.05) is 19.4 Å². The van der Waals surface area contributed by atoms with Crippen LogP contribution in [-0.2, 0) is 31.8 Å². The third-order valence-corrected chi connectivity index (χ3v) is 11.0. The van der Waals surface area contributed by atoms with Crippen LogP contribution in [0.2, 0.25) is 0 Å². The summed E-state index contributed by atoms with van der Waals surface area (Å²) < 4.78 is 21.3. The van der Waals surface area contributed by atoms with Crippen molar-refractivity contribution in [1.29, 1.82) is 0 Å². The first-order valence-corrected chi connectivity index (χ1v) is 15.1. The number of hydrogen-bond acceptors (Lipinski definition) is 8. The van der Waals surface area contributed by atoms with E-state index in [1.54, 1.807) is 17.2 Å². The highest BCUT2D eigenvalue weighted by Gasteiger charge is 2.69. The fourth-order valence-corrected chi connectivity index (χ4v) is 9.89. The molecule has 4 bridgehead atoms. The van der Waals surface area contributed by atoms with Crippen LogP contribution in [0.1, 0.15) is 62.8 Å². The first kappa shape index (κ1) is 24.5. The molecule has 5 aliphatic carbocycles. The summed E-state index contributed by atoms with van der Waals surface area (Å²) >= 11 is 0. The number of aromatic nitrogens is 4. The van der Waals surface area contributed by atoms with Gasteiger partial charge in [-0.25, -0.2) is 19.7 Å². The van der Waals surface area contributed by atoms with Crippen molar-refractivity contribution >= 4 is 23.0 Å². The van der Waals surface area contributed by atoms with E-state index in [1.807, 2.05) is 19.1 Å². The van der Waals surface area contributed by atoms with Gasteiger partial charge in [0.1, 0.15) is 18.0 Å². The van der Waals surface area contributed by atoms with Gasteiger partial charge in [0.2, 0.25) is 0 Å². The number of carboxylic acid groups (broad SMARTS) is 1. The number of benzene rings is 1. The first-order valence-electron chi connectivity index (χ1n) is 15.1. The van der Waals surface area contributed by atoms with Gasteiger partial charge in [0.25, 0.3) is 0 Å². The topological polar surface area (TPSA) is 121 Å².